The highest BCUT2D eigenvalue weighted by Crippen LogP contribution is 2.61. The molecule has 0 saturated heterocycles. The molecular formula is C69H47N5P2. The van der Waals surface area contributed by atoms with E-state index in [2.05, 4.69) is 278 Å². The lowest BCUT2D eigenvalue weighted by molar-refractivity contribution is 1.01. The quantitative estimate of drug-likeness (QED) is 0.135. The van der Waals surface area contributed by atoms with Crippen molar-refractivity contribution in [1.29, 1.82) is 0 Å². The predicted octanol–water partition coefficient (Wildman–Crippen LogP) is 16.0. The highest BCUT2D eigenvalue weighted by molar-refractivity contribution is 7.76. The summed E-state index contributed by atoms with van der Waals surface area (Å²) in [7, 11) is -2.50. The van der Waals surface area contributed by atoms with Gasteiger partial charge in [-0.2, -0.15) is 0 Å². The fourth-order valence-corrected chi connectivity index (χ4v) is 16.9. The van der Waals surface area contributed by atoms with E-state index in [1.807, 2.05) is 6.07 Å². The molecule has 0 saturated carbocycles. The van der Waals surface area contributed by atoms with Crippen LogP contribution in [-0.4, -0.2) is 19.9 Å². The Balaban J connectivity index is 1.01. The zero-order chi connectivity index (χ0) is 50.4. The van der Waals surface area contributed by atoms with Crippen molar-refractivity contribution in [3.63, 3.8) is 0 Å². The molecule has 5 nitrogen and oxygen atoms in total. The van der Waals surface area contributed by atoms with Crippen LogP contribution in [0.1, 0.15) is 16.9 Å². The maximum absolute atomic E-state index is 5.63. The normalized spacial score (nSPS) is 15.2. The number of hydrogen-bond acceptors (Lipinski definition) is 5. The second-order valence-corrected chi connectivity index (χ2v) is 23.2. The van der Waals surface area contributed by atoms with Gasteiger partial charge in [0, 0.05) is 44.5 Å². The topological polar surface area (TPSA) is 54.8 Å². The van der Waals surface area contributed by atoms with E-state index in [1.165, 1.54) is 60.2 Å². The predicted molar refractivity (Wildman–Crippen MR) is 318 cm³/mol. The van der Waals surface area contributed by atoms with E-state index in [-0.39, 0.29) is 5.66 Å². The molecule has 3 unspecified atom stereocenters. The van der Waals surface area contributed by atoms with Crippen LogP contribution in [0, 0.1) is 0 Å². The van der Waals surface area contributed by atoms with E-state index in [0.717, 1.165) is 56.7 Å². The Hall–Kier alpha value is -8.98. The first kappa shape index (κ1) is 45.6. The molecule has 2 aliphatic rings. The molecule has 4 heterocycles. The lowest BCUT2D eigenvalue weighted by Crippen LogP contribution is -2.32. The molecule has 3 atom stereocenters. The number of aromatic nitrogens is 4. The molecule has 0 bridgehead atoms. The smallest absolute Gasteiger partial charge is 0.162 e. The number of rotatable bonds is 9. The fourth-order valence-electron chi connectivity index (χ4n) is 11.1. The molecule has 358 valence electrons. The van der Waals surface area contributed by atoms with Gasteiger partial charge in [-0.15, -0.1) is 0 Å². The highest BCUT2D eigenvalue weighted by Gasteiger charge is 2.40. The van der Waals surface area contributed by atoms with Crippen molar-refractivity contribution < 1.29 is 0 Å². The number of benzene rings is 10. The van der Waals surface area contributed by atoms with E-state index >= 15 is 0 Å². The number of anilines is 2. The van der Waals surface area contributed by atoms with Gasteiger partial charge in [-0.3, -0.25) is 4.67 Å². The standard InChI is InChI=1S/C69H47N5P2/c1-5-25-47(26-6-1)58-45-60(72-68(70-58)49-29-9-3-10-30-49)67-57-39-14-13-33-51(57)53-35-16-21-41-62(53)75(67)63-42-22-17-37-55(63)56-38-19-24-44-65(56)76-64-43-23-18-36-54(64)52-34-15-20-40-61(52)74(76)66-46-59(48-27-7-2-8-28-48)71-69(73-66)50-31-11-4-12-32-50/h1-46,67H. The Bertz CT molecular complexity index is 3710. The van der Waals surface area contributed by atoms with Gasteiger partial charge >= 0.3 is 0 Å². The fraction of sp³-hybridized carbons (Fsp3) is 0.0145. The van der Waals surface area contributed by atoms with Crippen LogP contribution in [0.15, 0.2) is 279 Å². The minimum atomic E-state index is -1.33. The molecule has 0 fully saturated rings. The van der Waals surface area contributed by atoms with Crippen LogP contribution in [0.2, 0.25) is 0 Å². The minimum Gasteiger partial charge on any atom is -0.296 e. The first-order valence-electron chi connectivity index (χ1n) is 25.7. The first-order chi connectivity index (χ1) is 37.7. The second-order valence-electron chi connectivity index (χ2n) is 19.0. The maximum Gasteiger partial charge on any atom is 0.162 e. The summed E-state index contributed by atoms with van der Waals surface area (Å²) in [6.45, 7) is 0. The third-order valence-corrected chi connectivity index (χ3v) is 19.9. The largest absolute Gasteiger partial charge is 0.296 e. The van der Waals surface area contributed by atoms with Crippen LogP contribution in [0.5, 0.6) is 0 Å². The maximum atomic E-state index is 5.63. The van der Waals surface area contributed by atoms with Crippen LogP contribution in [-0.2, 0) is 0 Å². The van der Waals surface area contributed by atoms with Gasteiger partial charge in [0.05, 0.1) is 36.5 Å². The Morgan fingerprint density at radius 1 is 0.303 bits per heavy atom. The zero-order valence-corrected chi connectivity index (χ0v) is 43.1. The molecule has 10 aromatic carbocycles. The summed E-state index contributed by atoms with van der Waals surface area (Å²) < 4.78 is 2.53. The van der Waals surface area contributed by atoms with Crippen molar-refractivity contribution in [3.8, 4) is 78.7 Å². The summed E-state index contributed by atoms with van der Waals surface area (Å²) in [5, 5.41) is 5.14. The van der Waals surface area contributed by atoms with Crippen molar-refractivity contribution in [1.82, 2.24) is 19.9 Å². The SMILES string of the molecule is c1ccc(-c2cc(C3c4ccccc4-c4ccccc4P3c3ccccc3-c3ccccc3P3c4ccccc4-c4ccccc4N3c3cc(-c4ccccc4)nc(-c4ccccc4)n3)nc(-c3ccccc3)n2)cc1. The molecule has 14 rings (SSSR count). The van der Waals surface area contributed by atoms with Crippen molar-refractivity contribution in [3.05, 3.63) is 290 Å². The molecule has 2 aromatic heterocycles. The average molecular weight is 1010 g/mol. The molecule has 0 aliphatic carbocycles. The van der Waals surface area contributed by atoms with Crippen molar-refractivity contribution in [2.45, 2.75) is 5.66 Å². The van der Waals surface area contributed by atoms with Crippen LogP contribution in [0.3, 0.4) is 0 Å². The summed E-state index contributed by atoms with van der Waals surface area (Å²) in [5.74, 6) is 2.25. The Labute approximate surface area is 445 Å². The summed E-state index contributed by atoms with van der Waals surface area (Å²) in [4.78, 5) is 21.8. The lowest BCUT2D eigenvalue weighted by atomic mass is 9.95. The molecule has 76 heavy (non-hydrogen) atoms. The van der Waals surface area contributed by atoms with Crippen molar-refractivity contribution in [2.75, 3.05) is 4.67 Å². The highest BCUT2D eigenvalue weighted by atomic mass is 31.1. The van der Waals surface area contributed by atoms with Gasteiger partial charge in [0.1, 0.15) is 5.82 Å². The summed E-state index contributed by atoms with van der Waals surface area (Å²) >= 11 is 0. The van der Waals surface area contributed by atoms with Crippen LogP contribution < -0.4 is 25.9 Å². The molecule has 12 aromatic rings. The molecule has 0 radical (unpaired) electrons. The number of fused-ring (bicyclic) bond motifs is 6. The van der Waals surface area contributed by atoms with E-state index in [4.69, 9.17) is 19.9 Å². The summed E-state index contributed by atoms with van der Waals surface area (Å²) in [5.41, 5.74) is 16.4. The second kappa shape index (κ2) is 19.7. The van der Waals surface area contributed by atoms with Gasteiger partial charge < -0.3 is 0 Å². The van der Waals surface area contributed by atoms with E-state index in [0.29, 0.717) is 5.82 Å². The molecule has 0 amide bonds. The molecular weight excluding hydrogens is 961 g/mol. The van der Waals surface area contributed by atoms with E-state index in [1.54, 1.807) is 0 Å². The third-order valence-electron chi connectivity index (χ3n) is 14.5. The van der Waals surface area contributed by atoms with Crippen LogP contribution >= 0.6 is 16.0 Å². The minimum absolute atomic E-state index is 0.110. The average Bonchev–Trinajstić information content (AvgIpc) is 3.60. The molecule has 2 aliphatic heterocycles. The van der Waals surface area contributed by atoms with Crippen LogP contribution in [0.4, 0.5) is 11.5 Å². The Morgan fingerprint density at radius 3 is 1.24 bits per heavy atom. The number of hydrogen-bond donors (Lipinski definition) is 0. The van der Waals surface area contributed by atoms with Crippen LogP contribution in [0.25, 0.3) is 78.7 Å². The summed E-state index contributed by atoms with van der Waals surface area (Å²) in [6, 6.07) is 101. The zero-order valence-electron chi connectivity index (χ0n) is 41.3. The number of para-hydroxylation sites is 1. The van der Waals surface area contributed by atoms with Gasteiger partial charge in [0.25, 0.3) is 0 Å². The van der Waals surface area contributed by atoms with Gasteiger partial charge in [0.2, 0.25) is 0 Å². The number of nitrogens with zero attached hydrogens (tertiary/aromatic N) is 5. The van der Waals surface area contributed by atoms with E-state index < -0.39 is 16.0 Å². The van der Waals surface area contributed by atoms with Gasteiger partial charge in [-0.25, -0.2) is 19.9 Å². The van der Waals surface area contributed by atoms with Crippen molar-refractivity contribution in [2.24, 2.45) is 0 Å². The Kier molecular flexibility index (Phi) is 11.8. The molecule has 0 N–H and O–H groups in total. The lowest BCUT2D eigenvalue weighted by Gasteiger charge is -2.41. The third kappa shape index (κ3) is 8.13. The van der Waals surface area contributed by atoms with Gasteiger partial charge in [-0.1, -0.05) is 261 Å². The first-order valence-corrected chi connectivity index (χ1v) is 28.4. The van der Waals surface area contributed by atoms with Crippen molar-refractivity contribution >= 4 is 48.7 Å². The molecule has 0 spiro atoms. The molecule has 7 heteroatoms. The van der Waals surface area contributed by atoms with Gasteiger partial charge in [-0.05, 0) is 64.0 Å². The summed E-state index contributed by atoms with van der Waals surface area (Å²) in [6.07, 6.45) is 0. The van der Waals surface area contributed by atoms with E-state index in [9.17, 15) is 0 Å². The van der Waals surface area contributed by atoms with Gasteiger partial charge in [0.15, 0.2) is 11.6 Å². The monoisotopic (exact) mass is 1010 g/mol. The Morgan fingerprint density at radius 2 is 0.684 bits per heavy atom.